The molecule has 2 rings (SSSR count). The van der Waals surface area contributed by atoms with E-state index in [1.165, 1.54) is 4.90 Å². The third-order valence-corrected chi connectivity index (χ3v) is 2.89. The van der Waals surface area contributed by atoms with Crippen LogP contribution in [0.4, 0.5) is 24.7 Å². The number of nitrogen functional groups attached to an aromatic ring is 1. The summed E-state index contributed by atoms with van der Waals surface area (Å²) in [6.07, 6.45) is -3.62. The van der Waals surface area contributed by atoms with Crippen molar-refractivity contribution in [3.05, 3.63) is 30.3 Å². The maximum Gasteiger partial charge on any atom is 0.405 e. The molecule has 3 nitrogen and oxygen atoms in total. The van der Waals surface area contributed by atoms with Crippen LogP contribution in [0.25, 0.3) is 10.9 Å². The average Bonchev–Trinajstić information content (AvgIpc) is 2.36. The zero-order valence-electron chi connectivity index (χ0n) is 11.1. The van der Waals surface area contributed by atoms with Gasteiger partial charge in [-0.05, 0) is 36.8 Å². The summed E-state index contributed by atoms with van der Waals surface area (Å²) in [5.41, 5.74) is 6.91. The van der Waals surface area contributed by atoms with Gasteiger partial charge in [0.2, 0.25) is 0 Å². The molecule has 20 heavy (non-hydrogen) atoms. The predicted molar refractivity (Wildman–Crippen MR) is 74.7 cm³/mol. The van der Waals surface area contributed by atoms with Crippen LogP contribution in [0.5, 0.6) is 0 Å². The molecule has 0 spiro atoms. The first-order valence-electron chi connectivity index (χ1n) is 6.37. The van der Waals surface area contributed by atoms with Crippen molar-refractivity contribution in [2.24, 2.45) is 0 Å². The van der Waals surface area contributed by atoms with E-state index in [-0.39, 0.29) is 0 Å². The molecule has 2 aromatic rings. The summed E-state index contributed by atoms with van der Waals surface area (Å²) in [7, 11) is 0. The molecule has 0 fully saturated rings. The van der Waals surface area contributed by atoms with Crippen molar-refractivity contribution < 1.29 is 13.2 Å². The number of fused-ring (bicyclic) bond motifs is 1. The normalized spacial score (nSPS) is 11.8. The molecule has 0 unspecified atom stereocenters. The molecule has 0 amide bonds. The first-order valence-corrected chi connectivity index (χ1v) is 6.37. The molecule has 0 aliphatic heterocycles. The fourth-order valence-electron chi connectivity index (χ4n) is 2.07. The SMILES string of the molecule is CCCN(CC(F)(F)F)c1ccc2cc(N)ccc2n1. The second-order valence-electron chi connectivity index (χ2n) is 4.66. The molecule has 0 atom stereocenters. The van der Waals surface area contributed by atoms with Crippen molar-refractivity contribution in [3.63, 3.8) is 0 Å². The molecule has 0 saturated carbocycles. The largest absolute Gasteiger partial charge is 0.405 e. The van der Waals surface area contributed by atoms with Gasteiger partial charge in [0.1, 0.15) is 12.4 Å². The molecule has 108 valence electrons. The van der Waals surface area contributed by atoms with E-state index in [1.54, 1.807) is 30.3 Å². The quantitative estimate of drug-likeness (QED) is 0.872. The summed E-state index contributed by atoms with van der Waals surface area (Å²) in [6, 6.07) is 8.50. The maximum atomic E-state index is 12.6. The Bertz CT molecular complexity index is 596. The van der Waals surface area contributed by atoms with Crippen LogP contribution in [0.15, 0.2) is 30.3 Å². The number of hydrogen-bond acceptors (Lipinski definition) is 3. The van der Waals surface area contributed by atoms with E-state index in [0.717, 1.165) is 5.39 Å². The van der Waals surface area contributed by atoms with Gasteiger partial charge in [0, 0.05) is 17.6 Å². The Hall–Kier alpha value is -1.98. The second kappa shape index (κ2) is 5.56. The van der Waals surface area contributed by atoms with E-state index in [4.69, 9.17) is 5.73 Å². The van der Waals surface area contributed by atoms with Crippen molar-refractivity contribution in [2.75, 3.05) is 23.7 Å². The first kappa shape index (κ1) is 14.4. The van der Waals surface area contributed by atoms with Crippen LogP contribution in [-0.2, 0) is 0 Å². The Kier molecular flexibility index (Phi) is 4.01. The number of halogens is 3. The van der Waals surface area contributed by atoms with E-state index in [9.17, 15) is 13.2 Å². The topological polar surface area (TPSA) is 42.1 Å². The molecule has 2 N–H and O–H groups in total. The van der Waals surface area contributed by atoms with Gasteiger partial charge < -0.3 is 10.6 Å². The third-order valence-electron chi connectivity index (χ3n) is 2.89. The van der Waals surface area contributed by atoms with Crippen LogP contribution in [0, 0.1) is 0 Å². The average molecular weight is 283 g/mol. The highest BCUT2D eigenvalue weighted by Gasteiger charge is 2.31. The molecule has 1 heterocycles. The van der Waals surface area contributed by atoms with Gasteiger partial charge in [0.15, 0.2) is 0 Å². The number of alkyl halides is 3. The Balaban J connectivity index is 2.35. The van der Waals surface area contributed by atoms with E-state index in [2.05, 4.69) is 4.98 Å². The van der Waals surface area contributed by atoms with Gasteiger partial charge in [-0.2, -0.15) is 13.2 Å². The predicted octanol–water partition coefficient (Wildman–Crippen LogP) is 3.60. The minimum absolute atomic E-state index is 0.312. The van der Waals surface area contributed by atoms with Crippen LogP contribution < -0.4 is 10.6 Å². The molecular weight excluding hydrogens is 267 g/mol. The summed E-state index contributed by atoms with van der Waals surface area (Å²) in [4.78, 5) is 5.54. The summed E-state index contributed by atoms with van der Waals surface area (Å²) in [5, 5.41) is 0.817. The van der Waals surface area contributed by atoms with Crippen LogP contribution in [0.1, 0.15) is 13.3 Å². The Morgan fingerprint density at radius 2 is 1.95 bits per heavy atom. The van der Waals surface area contributed by atoms with Gasteiger partial charge in [0.25, 0.3) is 0 Å². The van der Waals surface area contributed by atoms with E-state index in [1.807, 2.05) is 6.92 Å². The molecule has 0 aliphatic rings. The monoisotopic (exact) mass is 283 g/mol. The second-order valence-corrected chi connectivity index (χ2v) is 4.66. The minimum Gasteiger partial charge on any atom is -0.399 e. The van der Waals surface area contributed by atoms with Crippen LogP contribution >= 0.6 is 0 Å². The fourth-order valence-corrected chi connectivity index (χ4v) is 2.07. The lowest BCUT2D eigenvalue weighted by molar-refractivity contribution is -0.119. The number of pyridine rings is 1. The molecule has 0 saturated heterocycles. The van der Waals surface area contributed by atoms with Crippen molar-refractivity contribution >= 4 is 22.4 Å². The number of anilines is 2. The summed E-state index contributed by atoms with van der Waals surface area (Å²) < 4.78 is 37.8. The zero-order chi connectivity index (χ0) is 14.8. The van der Waals surface area contributed by atoms with Crippen molar-refractivity contribution in [1.82, 2.24) is 4.98 Å². The van der Waals surface area contributed by atoms with Gasteiger partial charge >= 0.3 is 6.18 Å². The molecule has 0 aliphatic carbocycles. The smallest absolute Gasteiger partial charge is 0.399 e. The van der Waals surface area contributed by atoms with Gasteiger partial charge in [-0.15, -0.1) is 0 Å². The van der Waals surface area contributed by atoms with Crippen LogP contribution in [0.2, 0.25) is 0 Å². The van der Waals surface area contributed by atoms with Crippen molar-refractivity contribution in [3.8, 4) is 0 Å². The fraction of sp³-hybridized carbons (Fsp3) is 0.357. The van der Waals surface area contributed by atoms with Gasteiger partial charge in [-0.3, -0.25) is 0 Å². The number of benzene rings is 1. The molecular formula is C14H16F3N3. The molecule has 6 heteroatoms. The van der Waals surface area contributed by atoms with Crippen LogP contribution in [-0.4, -0.2) is 24.2 Å². The molecule has 1 aromatic carbocycles. The minimum atomic E-state index is -4.24. The lowest BCUT2D eigenvalue weighted by Crippen LogP contribution is -2.35. The Labute approximate surface area is 115 Å². The first-order chi connectivity index (χ1) is 9.39. The van der Waals surface area contributed by atoms with Crippen molar-refractivity contribution in [2.45, 2.75) is 19.5 Å². The Morgan fingerprint density at radius 3 is 2.60 bits per heavy atom. The highest BCUT2D eigenvalue weighted by molar-refractivity contribution is 5.83. The summed E-state index contributed by atoms with van der Waals surface area (Å²) in [5.74, 6) is 0.335. The van der Waals surface area contributed by atoms with Gasteiger partial charge in [0.05, 0.1) is 5.52 Å². The highest BCUT2D eigenvalue weighted by Crippen LogP contribution is 2.24. The molecule has 0 bridgehead atoms. The van der Waals surface area contributed by atoms with Crippen molar-refractivity contribution in [1.29, 1.82) is 0 Å². The molecule has 0 radical (unpaired) electrons. The lowest BCUT2D eigenvalue weighted by atomic mass is 10.2. The Morgan fingerprint density at radius 1 is 1.20 bits per heavy atom. The zero-order valence-corrected chi connectivity index (χ0v) is 11.1. The van der Waals surface area contributed by atoms with Gasteiger partial charge in [-0.1, -0.05) is 6.92 Å². The number of aromatic nitrogens is 1. The number of hydrogen-bond donors (Lipinski definition) is 1. The van der Waals surface area contributed by atoms with Crippen LogP contribution in [0.3, 0.4) is 0 Å². The van der Waals surface area contributed by atoms with Gasteiger partial charge in [-0.25, -0.2) is 4.98 Å². The van der Waals surface area contributed by atoms with E-state index < -0.39 is 12.7 Å². The number of rotatable bonds is 4. The van der Waals surface area contributed by atoms with E-state index in [0.29, 0.717) is 30.0 Å². The lowest BCUT2D eigenvalue weighted by Gasteiger charge is -2.24. The summed E-state index contributed by atoms with van der Waals surface area (Å²) >= 11 is 0. The summed E-state index contributed by atoms with van der Waals surface area (Å²) in [6.45, 7) is 1.16. The highest BCUT2D eigenvalue weighted by atomic mass is 19.4. The van der Waals surface area contributed by atoms with E-state index >= 15 is 0 Å². The number of nitrogens with zero attached hydrogens (tertiary/aromatic N) is 2. The maximum absolute atomic E-state index is 12.6. The number of nitrogens with two attached hydrogens (primary N) is 1. The standard InChI is InChI=1S/C14H16F3N3/c1-2-7-20(9-14(15,16)17)13-6-3-10-8-11(18)4-5-12(10)19-13/h3-6,8H,2,7,9,18H2,1H3. The molecule has 1 aromatic heterocycles. The third kappa shape index (κ3) is 3.53.